The third kappa shape index (κ3) is 3.64. The molecule has 0 unspecified atom stereocenters. The quantitative estimate of drug-likeness (QED) is 0.322. The summed E-state index contributed by atoms with van der Waals surface area (Å²) in [5.74, 6) is 2.30. The highest BCUT2D eigenvalue weighted by Crippen LogP contribution is 2.34. The average Bonchev–Trinajstić information content (AvgIpc) is 3.13. The Bertz CT molecular complexity index is 1240. The Hall–Kier alpha value is -3.36. The lowest BCUT2D eigenvalue weighted by Crippen LogP contribution is -2.30. The van der Waals surface area contributed by atoms with Gasteiger partial charge in [-0.15, -0.1) is 0 Å². The minimum absolute atomic E-state index is 0.436. The summed E-state index contributed by atoms with van der Waals surface area (Å²) in [7, 11) is -1.55. The van der Waals surface area contributed by atoms with Gasteiger partial charge in [-0.05, 0) is 25.3 Å². The van der Waals surface area contributed by atoms with Crippen LogP contribution in [0.5, 0.6) is 0 Å². The SMILES string of the molecule is Cc1[nH]c2c(B(O)O)cccc2c1-c1nc2c(c(NCc3ccccc3)n1)CCCN2. The summed E-state index contributed by atoms with van der Waals surface area (Å²) >= 11 is 0. The Balaban J connectivity index is 1.62. The molecule has 4 aromatic rings. The fourth-order valence-electron chi connectivity index (χ4n) is 4.25. The molecule has 5 N–H and O–H groups in total. The summed E-state index contributed by atoms with van der Waals surface area (Å²) in [4.78, 5) is 13.1. The normalized spacial score (nSPS) is 13.0. The van der Waals surface area contributed by atoms with Crippen LogP contribution in [0.25, 0.3) is 22.3 Å². The summed E-state index contributed by atoms with van der Waals surface area (Å²) in [5.41, 5.74) is 5.17. The number of hydrogen-bond acceptors (Lipinski definition) is 6. The second kappa shape index (κ2) is 8.05. The molecule has 1 aliphatic heterocycles. The fourth-order valence-corrected chi connectivity index (χ4v) is 4.25. The molecular formula is C23H24BN5O2. The van der Waals surface area contributed by atoms with Crippen LogP contribution in [0.15, 0.2) is 48.5 Å². The zero-order valence-electron chi connectivity index (χ0n) is 17.3. The van der Waals surface area contributed by atoms with Crippen molar-refractivity contribution in [3.8, 4) is 11.4 Å². The predicted molar refractivity (Wildman–Crippen MR) is 124 cm³/mol. The summed E-state index contributed by atoms with van der Waals surface area (Å²) in [6, 6.07) is 15.7. The van der Waals surface area contributed by atoms with Crippen LogP contribution >= 0.6 is 0 Å². The van der Waals surface area contributed by atoms with E-state index in [1.165, 1.54) is 5.56 Å². The molecule has 0 spiro atoms. The number of anilines is 2. The number of H-pyrrole nitrogens is 1. The molecule has 5 rings (SSSR count). The molecule has 1 aliphatic rings. The Morgan fingerprint density at radius 3 is 2.71 bits per heavy atom. The molecule has 7 nitrogen and oxygen atoms in total. The monoisotopic (exact) mass is 413 g/mol. The van der Waals surface area contributed by atoms with Crippen molar-refractivity contribution in [2.45, 2.75) is 26.3 Å². The highest BCUT2D eigenvalue weighted by Gasteiger charge is 2.23. The highest BCUT2D eigenvalue weighted by molar-refractivity contribution is 6.61. The predicted octanol–water partition coefficient (Wildman–Crippen LogP) is 2.58. The van der Waals surface area contributed by atoms with Crippen molar-refractivity contribution in [1.82, 2.24) is 15.0 Å². The summed E-state index contributed by atoms with van der Waals surface area (Å²) in [5, 5.41) is 27.3. The lowest BCUT2D eigenvalue weighted by molar-refractivity contribution is 0.426. The first-order valence-electron chi connectivity index (χ1n) is 10.5. The molecule has 156 valence electrons. The van der Waals surface area contributed by atoms with E-state index < -0.39 is 7.12 Å². The molecule has 2 aromatic carbocycles. The van der Waals surface area contributed by atoms with E-state index >= 15 is 0 Å². The van der Waals surface area contributed by atoms with Gasteiger partial charge in [-0.1, -0.05) is 48.5 Å². The highest BCUT2D eigenvalue weighted by atomic mass is 16.4. The van der Waals surface area contributed by atoms with Crippen LogP contribution in [0.1, 0.15) is 23.2 Å². The van der Waals surface area contributed by atoms with E-state index in [4.69, 9.17) is 9.97 Å². The minimum Gasteiger partial charge on any atom is -0.423 e. The van der Waals surface area contributed by atoms with Crippen molar-refractivity contribution in [1.29, 1.82) is 0 Å². The van der Waals surface area contributed by atoms with E-state index in [1.54, 1.807) is 6.07 Å². The minimum atomic E-state index is -1.55. The van der Waals surface area contributed by atoms with E-state index in [0.29, 0.717) is 23.3 Å². The van der Waals surface area contributed by atoms with Gasteiger partial charge in [0.15, 0.2) is 5.82 Å². The van der Waals surface area contributed by atoms with Gasteiger partial charge in [-0.25, -0.2) is 9.97 Å². The number of benzene rings is 2. The van der Waals surface area contributed by atoms with Crippen LogP contribution in [-0.4, -0.2) is 38.7 Å². The maximum absolute atomic E-state index is 9.76. The van der Waals surface area contributed by atoms with Gasteiger partial charge in [0.05, 0.1) is 0 Å². The second-order valence-electron chi connectivity index (χ2n) is 7.86. The number of aromatic amines is 1. The van der Waals surface area contributed by atoms with Gasteiger partial charge in [0.25, 0.3) is 0 Å². The molecule has 0 fully saturated rings. The number of hydrogen-bond donors (Lipinski definition) is 5. The van der Waals surface area contributed by atoms with E-state index in [0.717, 1.165) is 53.2 Å². The number of nitrogens with one attached hydrogen (secondary N) is 3. The average molecular weight is 413 g/mol. The lowest BCUT2D eigenvalue weighted by atomic mass is 9.79. The van der Waals surface area contributed by atoms with Crippen molar-refractivity contribution in [3.63, 3.8) is 0 Å². The fraction of sp³-hybridized carbons (Fsp3) is 0.217. The summed E-state index contributed by atoms with van der Waals surface area (Å²) in [6.45, 7) is 3.52. The molecule has 0 atom stereocenters. The van der Waals surface area contributed by atoms with Crippen LogP contribution in [0, 0.1) is 6.92 Å². The molecule has 31 heavy (non-hydrogen) atoms. The van der Waals surface area contributed by atoms with Crippen molar-refractivity contribution in [2.24, 2.45) is 0 Å². The first-order chi connectivity index (χ1) is 15.1. The first-order valence-corrected chi connectivity index (χ1v) is 10.5. The molecule has 8 heteroatoms. The molecular weight excluding hydrogens is 389 g/mol. The molecule has 3 heterocycles. The van der Waals surface area contributed by atoms with Gasteiger partial charge in [0.2, 0.25) is 0 Å². The standard InChI is InChI=1S/C23H24BN5O2/c1-14-19(16-9-5-11-18(24(30)31)20(16)27-14)23-28-21-17(10-6-12-25-21)22(29-23)26-13-15-7-3-2-4-8-15/h2-5,7-9,11,27,30-31H,6,10,12-13H2,1H3,(H2,25,26,28,29). The number of para-hydroxylation sites is 1. The van der Waals surface area contributed by atoms with E-state index in [9.17, 15) is 10.0 Å². The summed E-state index contributed by atoms with van der Waals surface area (Å²) < 4.78 is 0. The van der Waals surface area contributed by atoms with Gasteiger partial charge < -0.3 is 25.7 Å². The van der Waals surface area contributed by atoms with Gasteiger partial charge in [-0.3, -0.25) is 0 Å². The molecule has 0 aliphatic carbocycles. The Labute approximate surface area is 180 Å². The van der Waals surface area contributed by atoms with Crippen LogP contribution in [0.3, 0.4) is 0 Å². The van der Waals surface area contributed by atoms with Gasteiger partial charge in [0, 0.05) is 46.3 Å². The molecule has 0 amide bonds. The maximum Gasteiger partial charge on any atom is 0.490 e. The van der Waals surface area contributed by atoms with Crippen molar-refractivity contribution >= 4 is 35.1 Å². The van der Waals surface area contributed by atoms with E-state index in [-0.39, 0.29) is 0 Å². The van der Waals surface area contributed by atoms with Crippen LogP contribution in [-0.2, 0) is 13.0 Å². The zero-order valence-corrected chi connectivity index (χ0v) is 17.3. The Morgan fingerprint density at radius 1 is 1.06 bits per heavy atom. The second-order valence-corrected chi connectivity index (χ2v) is 7.86. The number of aryl methyl sites for hydroxylation is 1. The maximum atomic E-state index is 9.76. The number of fused-ring (bicyclic) bond motifs is 2. The van der Waals surface area contributed by atoms with Gasteiger partial charge in [-0.2, -0.15) is 0 Å². The van der Waals surface area contributed by atoms with E-state index in [2.05, 4.69) is 27.8 Å². The van der Waals surface area contributed by atoms with Gasteiger partial charge in [0.1, 0.15) is 11.6 Å². The molecule has 0 radical (unpaired) electrons. The summed E-state index contributed by atoms with van der Waals surface area (Å²) in [6.07, 6.45) is 1.97. The van der Waals surface area contributed by atoms with E-state index in [1.807, 2.05) is 37.3 Å². The van der Waals surface area contributed by atoms with Crippen molar-refractivity contribution < 1.29 is 10.0 Å². The number of nitrogens with zero attached hydrogens (tertiary/aromatic N) is 2. The third-order valence-electron chi connectivity index (χ3n) is 5.76. The Morgan fingerprint density at radius 2 is 1.90 bits per heavy atom. The molecule has 2 aromatic heterocycles. The first kappa shape index (κ1) is 19.6. The van der Waals surface area contributed by atoms with Gasteiger partial charge >= 0.3 is 7.12 Å². The molecule has 0 saturated carbocycles. The topological polar surface area (TPSA) is 106 Å². The van der Waals surface area contributed by atoms with Crippen molar-refractivity contribution in [3.05, 3.63) is 65.4 Å². The molecule has 0 saturated heterocycles. The Kier molecular flexibility index (Phi) is 5.09. The van der Waals surface area contributed by atoms with Crippen molar-refractivity contribution in [2.75, 3.05) is 17.2 Å². The third-order valence-corrected chi connectivity index (χ3v) is 5.76. The van der Waals surface area contributed by atoms with Crippen LogP contribution in [0.4, 0.5) is 11.6 Å². The smallest absolute Gasteiger partial charge is 0.423 e. The van der Waals surface area contributed by atoms with Crippen LogP contribution in [0.2, 0.25) is 0 Å². The zero-order chi connectivity index (χ0) is 21.4. The molecule has 0 bridgehead atoms. The largest absolute Gasteiger partial charge is 0.490 e. The number of rotatable bonds is 5. The lowest BCUT2D eigenvalue weighted by Gasteiger charge is -2.21. The van der Waals surface area contributed by atoms with Crippen LogP contribution < -0.4 is 16.1 Å². The number of aromatic nitrogens is 3.